The number of nitrogens with zero attached hydrogens (tertiary/aromatic N) is 1. The molecule has 1 fully saturated rings. The van der Waals surface area contributed by atoms with Gasteiger partial charge in [0.25, 0.3) is 0 Å². The molecule has 0 bridgehead atoms. The summed E-state index contributed by atoms with van der Waals surface area (Å²) in [5.41, 5.74) is 2.74. The summed E-state index contributed by atoms with van der Waals surface area (Å²) in [7, 11) is 0. The number of fused-ring (bicyclic) bond motifs is 1. The van der Waals surface area contributed by atoms with E-state index in [0.29, 0.717) is 12.1 Å². The number of nitrogens with one attached hydrogen (secondary N) is 1. The molecule has 3 rings (SSSR count). The number of aromatic nitrogens is 1. The topological polar surface area (TPSA) is 24.9 Å². The summed E-state index contributed by atoms with van der Waals surface area (Å²) in [6, 6.07) is 5.44. The van der Waals surface area contributed by atoms with Gasteiger partial charge in [-0.1, -0.05) is 12.5 Å². The fraction of sp³-hybridized carbons (Fsp3) is 0.643. The van der Waals surface area contributed by atoms with Crippen LogP contribution in [0.15, 0.2) is 18.3 Å². The van der Waals surface area contributed by atoms with Gasteiger partial charge in [0.05, 0.1) is 11.7 Å². The van der Waals surface area contributed by atoms with Gasteiger partial charge in [-0.15, -0.1) is 0 Å². The Labute approximate surface area is 97.5 Å². The first-order valence-corrected chi connectivity index (χ1v) is 6.54. The lowest BCUT2D eigenvalue weighted by atomic mass is 9.80. The first-order valence-electron chi connectivity index (χ1n) is 6.54. The van der Waals surface area contributed by atoms with Crippen molar-refractivity contribution in [3.63, 3.8) is 0 Å². The summed E-state index contributed by atoms with van der Waals surface area (Å²) < 4.78 is 0. The Hall–Kier alpha value is -0.890. The molecular weight excluding hydrogens is 196 g/mol. The van der Waals surface area contributed by atoms with E-state index in [0.717, 1.165) is 5.92 Å². The minimum absolute atomic E-state index is 0.506. The van der Waals surface area contributed by atoms with Crippen molar-refractivity contribution in [1.82, 2.24) is 10.3 Å². The van der Waals surface area contributed by atoms with Gasteiger partial charge in [0.1, 0.15) is 0 Å². The summed E-state index contributed by atoms with van der Waals surface area (Å²) >= 11 is 0. The molecule has 2 aliphatic rings. The summed E-state index contributed by atoms with van der Waals surface area (Å²) in [6.07, 6.45) is 8.59. The highest BCUT2D eigenvalue weighted by Gasteiger charge is 2.29. The number of aryl methyl sites for hydroxylation is 1. The molecule has 1 aromatic heterocycles. The van der Waals surface area contributed by atoms with Crippen LogP contribution in [0.25, 0.3) is 0 Å². The second-order valence-electron chi connectivity index (χ2n) is 5.29. The van der Waals surface area contributed by atoms with Crippen molar-refractivity contribution in [3.8, 4) is 0 Å². The molecule has 1 saturated carbocycles. The molecule has 0 aliphatic heterocycles. The van der Waals surface area contributed by atoms with Gasteiger partial charge in [-0.3, -0.25) is 4.98 Å². The van der Waals surface area contributed by atoms with Crippen LogP contribution in [0.3, 0.4) is 0 Å². The van der Waals surface area contributed by atoms with E-state index < -0.39 is 0 Å². The quantitative estimate of drug-likeness (QED) is 0.840. The second kappa shape index (κ2) is 4.17. The van der Waals surface area contributed by atoms with Crippen LogP contribution in [-0.4, -0.2) is 11.0 Å². The molecule has 0 amide bonds. The van der Waals surface area contributed by atoms with E-state index in [1.807, 2.05) is 6.20 Å². The Morgan fingerprint density at radius 1 is 1.38 bits per heavy atom. The molecule has 1 heterocycles. The maximum Gasteiger partial charge on any atom is 0.0605 e. The van der Waals surface area contributed by atoms with E-state index in [1.165, 1.54) is 43.4 Å². The third-order valence-electron chi connectivity index (χ3n) is 4.28. The van der Waals surface area contributed by atoms with E-state index >= 15 is 0 Å². The van der Waals surface area contributed by atoms with Gasteiger partial charge in [-0.2, -0.15) is 0 Å². The molecular formula is C14H20N2. The number of hydrogen-bond acceptors (Lipinski definition) is 2. The van der Waals surface area contributed by atoms with E-state index in [4.69, 9.17) is 0 Å². The largest absolute Gasteiger partial charge is 0.306 e. The zero-order valence-electron chi connectivity index (χ0n) is 9.95. The van der Waals surface area contributed by atoms with Gasteiger partial charge in [0.15, 0.2) is 0 Å². The van der Waals surface area contributed by atoms with Crippen molar-refractivity contribution in [2.45, 2.75) is 51.1 Å². The molecule has 86 valence electrons. The summed E-state index contributed by atoms with van der Waals surface area (Å²) in [6.45, 7) is 2.34. The van der Waals surface area contributed by atoms with E-state index in [-0.39, 0.29) is 0 Å². The maximum atomic E-state index is 4.53. The highest BCUT2D eigenvalue weighted by Crippen LogP contribution is 2.33. The minimum atomic E-state index is 0.506. The van der Waals surface area contributed by atoms with E-state index in [1.54, 1.807) is 0 Å². The lowest BCUT2D eigenvalue weighted by Crippen LogP contribution is -2.38. The standard InChI is InChI=1S/C14H20N2/c1-10(11-4-2-5-11)16-13-8-7-12-6-3-9-15-14(12)13/h3,6,9-11,13,16H,2,4-5,7-8H2,1H3. The summed E-state index contributed by atoms with van der Waals surface area (Å²) in [5.74, 6) is 0.910. The highest BCUT2D eigenvalue weighted by atomic mass is 15.0. The van der Waals surface area contributed by atoms with Crippen LogP contribution >= 0.6 is 0 Å². The Morgan fingerprint density at radius 2 is 2.25 bits per heavy atom. The predicted octanol–water partition coefficient (Wildman–Crippen LogP) is 2.85. The average molecular weight is 216 g/mol. The second-order valence-corrected chi connectivity index (χ2v) is 5.29. The molecule has 2 atom stereocenters. The predicted molar refractivity (Wildman–Crippen MR) is 65.2 cm³/mol. The molecule has 1 aromatic rings. The van der Waals surface area contributed by atoms with Gasteiger partial charge in [0.2, 0.25) is 0 Å². The fourth-order valence-corrected chi connectivity index (χ4v) is 2.97. The maximum absolute atomic E-state index is 4.53. The van der Waals surface area contributed by atoms with Crippen LogP contribution in [-0.2, 0) is 6.42 Å². The summed E-state index contributed by atoms with van der Waals surface area (Å²) in [5, 5.41) is 3.77. The van der Waals surface area contributed by atoms with Crippen LogP contribution in [0.1, 0.15) is 49.9 Å². The Bertz CT molecular complexity index is 371. The Balaban J connectivity index is 1.68. The van der Waals surface area contributed by atoms with Gasteiger partial charge in [-0.25, -0.2) is 0 Å². The number of pyridine rings is 1. The normalized spacial score (nSPS) is 26.2. The average Bonchev–Trinajstić information content (AvgIpc) is 2.59. The third-order valence-corrected chi connectivity index (χ3v) is 4.28. The number of rotatable bonds is 3. The fourth-order valence-electron chi connectivity index (χ4n) is 2.97. The van der Waals surface area contributed by atoms with Gasteiger partial charge in [0, 0.05) is 12.2 Å². The molecule has 2 heteroatoms. The molecule has 2 aliphatic carbocycles. The molecule has 2 nitrogen and oxygen atoms in total. The smallest absolute Gasteiger partial charge is 0.0605 e. The zero-order chi connectivity index (χ0) is 11.0. The van der Waals surface area contributed by atoms with Crippen molar-refractivity contribution in [1.29, 1.82) is 0 Å². The van der Waals surface area contributed by atoms with Crippen molar-refractivity contribution in [2.24, 2.45) is 5.92 Å². The van der Waals surface area contributed by atoms with E-state index in [2.05, 4.69) is 29.4 Å². The molecule has 0 radical (unpaired) electrons. The first-order chi connectivity index (χ1) is 7.84. The Kier molecular flexibility index (Phi) is 2.68. The van der Waals surface area contributed by atoms with Crippen LogP contribution in [0, 0.1) is 5.92 Å². The number of hydrogen-bond donors (Lipinski definition) is 1. The molecule has 2 unspecified atom stereocenters. The van der Waals surface area contributed by atoms with Crippen molar-refractivity contribution < 1.29 is 0 Å². The monoisotopic (exact) mass is 216 g/mol. The SMILES string of the molecule is CC(NC1CCc2cccnc21)C1CCC1. The minimum Gasteiger partial charge on any atom is -0.306 e. The van der Waals surface area contributed by atoms with E-state index in [9.17, 15) is 0 Å². The van der Waals surface area contributed by atoms with Gasteiger partial charge in [-0.05, 0) is 50.2 Å². The lowest BCUT2D eigenvalue weighted by Gasteiger charge is -2.33. The van der Waals surface area contributed by atoms with Crippen LogP contribution in [0.4, 0.5) is 0 Å². The molecule has 0 saturated heterocycles. The van der Waals surface area contributed by atoms with Crippen molar-refractivity contribution >= 4 is 0 Å². The first kappa shape index (κ1) is 10.3. The van der Waals surface area contributed by atoms with Crippen LogP contribution in [0.5, 0.6) is 0 Å². The van der Waals surface area contributed by atoms with Crippen molar-refractivity contribution in [3.05, 3.63) is 29.6 Å². The lowest BCUT2D eigenvalue weighted by molar-refractivity contribution is 0.225. The molecule has 0 spiro atoms. The Morgan fingerprint density at radius 3 is 3.00 bits per heavy atom. The van der Waals surface area contributed by atoms with Crippen molar-refractivity contribution in [2.75, 3.05) is 0 Å². The zero-order valence-corrected chi connectivity index (χ0v) is 9.95. The third kappa shape index (κ3) is 1.75. The molecule has 16 heavy (non-hydrogen) atoms. The van der Waals surface area contributed by atoms with Gasteiger partial charge < -0.3 is 5.32 Å². The summed E-state index contributed by atoms with van der Waals surface area (Å²) in [4.78, 5) is 4.53. The highest BCUT2D eigenvalue weighted by molar-refractivity contribution is 5.28. The van der Waals surface area contributed by atoms with Gasteiger partial charge >= 0.3 is 0 Å². The van der Waals surface area contributed by atoms with Crippen LogP contribution < -0.4 is 5.32 Å². The molecule has 0 aromatic carbocycles. The van der Waals surface area contributed by atoms with Crippen LogP contribution in [0.2, 0.25) is 0 Å². The molecule has 1 N–H and O–H groups in total.